The van der Waals surface area contributed by atoms with Crippen LogP contribution in [0.15, 0.2) is 158 Å². The highest BCUT2D eigenvalue weighted by atomic mass is 15.0. The molecule has 0 atom stereocenters. The lowest BCUT2D eigenvalue weighted by atomic mass is 10.1. The largest absolute Gasteiger partial charge is 0.307 e. The number of rotatable bonds is 4. The van der Waals surface area contributed by atoms with Crippen molar-refractivity contribution in [3.05, 3.63) is 158 Å². The minimum atomic E-state index is 0.940. The van der Waals surface area contributed by atoms with Crippen molar-refractivity contribution in [3.63, 3.8) is 0 Å². The van der Waals surface area contributed by atoms with Crippen molar-refractivity contribution in [2.75, 3.05) is 0 Å². The SMILES string of the molecule is c1ccc(-c2cc(-n3c4ccccc4c4ccc5c6ccccc6n(-c6ccncc6)c5c43)cc(-c3ccccc3)n2)cc1. The number of hydrogen-bond acceptors (Lipinski definition) is 2. The summed E-state index contributed by atoms with van der Waals surface area (Å²) in [6, 6.07) is 51.5. The Bertz CT molecular complexity index is 2420. The molecule has 9 rings (SSSR count). The molecule has 4 aromatic heterocycles. The van der Waals surface area contributed by atoms with Crippen LogP contribution in [0.25, 0.3) is 77.5 Å². The van der Waals surface area contributed by atoms with Crippen LogP contribution in [-0.2, 0) is 0 Å². The Balaban J connectivity index is 1.48. The first-order chi connectivity index (χ1) is 21.8. The second-order valence-electron chi connectivity index (χ2n) is 11.1. The Kier molecular flexibility index (Phi) is 5.47. The van der Waals surface area contributed by atoms with Crippen LogP contribution < -0.4 is 0 Å². The average Bonchev–Trinajstić information content (AvgIpc) is 3.62. The molecule has 44 heavy (non-hydrogen) atoms. The van der Waals surface area contributed by atoms with Gasteiger partial charge in [-0.05, 0) is 36.4 Å². The van der Waals surface area contributed by atoms with Gasteiger partial charge in [-0.2, -0.15) is 0 Å². The molecule has 0 radical (unpaired) electrons. The van der Waals surface area contributed by atoms with Gasteiger partial charge in [0, 0.05) is 50.8 Å². The third kappa shape index (κ3) is 3.71. The summed E-state index contributed by atoms with van der Waals surface area (Å²) in [4.78, 5) is 9.51. The zero-order valence-electron chi connectivity index (χ0n) is 23.8. The molecule has 0 bridgehead atoms. The molecule has 0 spiro atoms. The fraction of sp³-hybridized carbons (Fsp3) is 0. The number of fused-ring (bicyclic) bond motifs is 7. The van der Waals surface area contributed by atoms with E-state index in [1.165, 1.54) is 38.1 Å². The molecule has 206 valence electrons. The summed E-state index contributed by atoms with van der Waals surface area (Å²) in [7, 11) is 0. The zero-order chi connectivity index (χ0) is 29.0. The van der Waals surface area contributed by atoms with E-state index in [0.29, 0.717) is 0 Å². The molecule has 0 N–H and O–H groups in total. The fourth-order valence-electron chi connectivity index (χ4n) is 6.69. The van der Waals surface area contributed by atoms with Gasteiger partial charge in [-0.1, -0.05) is 109 Å². The van der Waals surface area contributed by atoms with Crippen LogP contribution in [0.5, 0.6) is 0 Å². The first kappa shape index (κ1) is 24.6. The summed E-state index contributed by atoms with van der Waals surface area (Å²) in [5.41, 5.74) is 10.9. The van der Waals surface area contributed by atoms with E-state index in [9.17, 15) is 0 Å². The summed E-state index contributed by atoms with van der Waals surface area (Å²) in [6.07, 6.45) is 3.74. The highest BCUT2D eigenvalue weighted by molar-refractivity contribution is 6.23. The van der Waals surface area contributed by atoms with Crippen molar-refractivity contribution >= 4 is 43.6 Å². The van der Waals surface area contributed by atoms with Crippen LogP contribution in [-0.4, -0.2) is 19.1 Å². The van der Waals surface area contributed by atoms with Gasteiger partial charge in [-0.25, -0.2) is 4.98 Å². The Morgan fingerprint density at radius 2 is 0.841 bits per heavy atom. The third-order valence-electron chi connectivity index (χ3n) is 8.60. The molecule has 0 aliphatic carbocycles. The molecule has 5 aromatic carbocycles. The average molecular weight is 563 g/mol. The Labute approximate surface area is 254 Å². The molecule has 0 aliphatic heterocycles. The lowest BCUT2D eigenvalue weighted by Crippen LogP contribution is -2.00. The van der Waals surface area contributed by atoms with Crippen LogP contribution in [0, 0.1) is 0 Å². The van der Waals surface area contributed by atoms with Crippen LogP contribution >= 0.6 is 0 Å². The predicted octanol–water partition coefficient (Wildman–Crippen LogP) is 10.0. The molecule has 0 unspecified atom stereocenters. The maximum absolute atomic E-state index is 5.18. The number of benzene rings is 5. The number of pyridine rings is 2. The molecule has 0 amide bonds. The lowest BCUT2D eigenvalue weighted by Gasteiger charge is -2.15. The van der Waals surface area contributed by atoms with Crippen molar-refractivity contribution in [2.24, 2.45) is 0 Å². The quantitative estimate of drug-likeness (QED) is 0.214. The summed E-state index contributed by atoms with van der Waals surface area (Å²) in [5, 5.41) is 4.87. The van der Waals surface area contributed by atoms with E-state index < -0.39 is 0 Å². The lowest BCUT2D eigenvalue weighted by molar-refractivity contribution is 1.13. The maximum Gasteiger partial charge on any atom is 0.0788 e. The molecule has 9 aromatic rings. The number of hydrogen-bond donors (Lipinski definition) is 0. The Morgan fingerprint density at radius 3 is 1.36 bits per heavy atom. The van der Waals surface area contributed by atoms with E-state index >= 15 is 0 Å². The van der Waals surface area contributed by atoms with Gasteiger partial charge in [0.25, 0.3) is 0 Å². The second-order valence-corrected chi connectivity index (χ2v) is 11.1. The summed E-state index contributed by atoms with van der Waals surface area (Å²) in [6.45, 7) is 0. The summed E-state index contributed by atoms with van der Waals surface area (Å²) >= 11 is 0. The van der Waals surface area contributed by atoms with E-state index in [2.05, 4.69) is 148 Å². The molecule has 0 saturated carbocycles. The molecular weight excluding hydrogens is 536 g/mol. The predicted molar refractivity (Wildman–Crippen MR) is 182 cm³/mol. The molecule has 0 fully saturated rings. The van der Waals surface area contributed by atoms with Crippen molar-refractivity contribution < 1.29 is 0 Å². The molecule has 4 nitrogen and oxygen atoms in total. The van der Waals surface area contributed by atoms with Crippen LogP contribution in [0.2, 0.25) is 0 Å². The van der Waals surface area contributed by atoms with Gasteiger partial charge < -0.3 is 9.13 Å². The van der Waals surface area contributed by atoms with E-state index in [1.54, 1.807) is 0 Å². The van der Waals surface area contributed by atoms with Crippen LogP contribution in [0.1, 0.15) is 0 Å². The van der Waals surface area contributed by atoms with Gasteiger partial charge in [0.1, 0.15) is 0 Å². The molecule has 0 saturated heterocycles. The third-order valence-corrected chi connectivity index (χ3v) is 8.60. The van der Waals surface area contributed by atoms with E-state index in [-0.39, 0.29) is 0 Å². The van der Waals surface area contributed by atoms with Gasteiger partial charge in [0.2, 0.25) is 0 Å². The normalized spacial score (nSPS) is 11.6. The van der Waals surface area contributed by atoms with Gasteiger partial charge in [0.15, 0.2) is 0 Å². The van der Waals surface area contributed by atoms with E-state index in [1.807, 2.05) is 24.5 Å². The second kappa shape index (κ2) is 9.79. The summed E-state index contributed by atoms with van der Waals surface area (Å²) in [5.74, 6) is 0. The van der Waals surface area contributed by atoms with Gasteiger partial charge in [-0.15, -0.1) is 0 Å². The minimum absolute atomic E-state index is 0.940. The van der Waals surface area contributed by atoms with Crippen molar-refractivity contribution in [2.45, 2.75) is 0 Å². The highest BCUT2D eigenvalue weighted by Gasteiger charge is 2.22. The molecule has 0 aliphatic rings. The standard InChI is InChI=1S/C40H26N4/c1-3-11-27(12-4-1)35-25-30(26-36(42-35)28-13-5-2-6-14-28)44-38-18-10-8-16-32(38)34-20-19-33-31-15-7-9-17-37(31)43(39(33)40(34)44)29-21-23-41-24-22-29/h1-26H. The topological polar surface area (TPSA) is 35.6 Å². The van der Waals surface area contributed by atoms with Crippen molar-refractivity contribution in [1.82, 2.24) is 19.1 Å². The molecule has 4 heteroatoms. The molecular formula is C40H26N4. The number of aromatic nitrogens is 4. The highest BCUT2D eigenvalue weighted by Crippen LogP contribution is 2.42. The van der Waals surface area contributed by atoms with Gasteiger partial charge in [-0.3, -0.25) is 4.98 Å². The Morgan fingerprint density at radius 1 is 0.386 bits per heavy atom. The molecule has 4 heterocycles. The monoisotopic (exact) mass is 562 g/mol. The smallest absolute Gasteiger partial charge is 0.0788 e. The summed E-state index contributed by atoms with van der Waals surface area (Å²) < 4.78 is 4.82. The van der Waals surface area contributed by atoms with Crippen LogP contribution in [0.3, 0.4) is 0 Å². The Hall–Kier alpha value is -6.00. The minimum Gasteiger partial charge on any atom is -0.307 e. The van der Waals surface area contributed by atoms with E-state index in [0.717, 1.165) is 39.4 Å². The van der Waals surface area contributed by atoms with Crippen LogP contribution in [0.4, 0.5) is 0 Å². The number of nitrogens with zero attached hydrogens (tertiary/aromatic N) is 4. The van der Waals surface area contributed by atoms with Gasteiger partial charge >= 0.3 is 0 Å². The fourth-order valence-corrected chi connectivity index (χ4v) is 6.69. The van der Waals surface area contributed by atoms with Gasteiger partial charge in [0.05, 0.1) is 39.1 Å². The first-order valence-electron chi connectivity index (χ1n) is 14.8. The van der Waals surface area contributed by atoms with Crippen molar-refractivity contribution in [3.8, 4) is 33.9 Å². The maximum atomic E-state index is 5.18. The number of para-hydroxylation sites is 2. The van der Waals surface area contributed by atoms with Crippen molar-refractivity contribution in [1.29, 1.82) is 0 Å². The zero-order valence-corrected chi connectivity index (χ0v) is 23.8. The van der Waals surface area contributed by atoms with E-state index in [4.69, 9.17) is 4.98 Å². The first-order valence-corrected chi connectivity index (χ1v) is 14.8.